The van der Waals surface area contributed by atoms with E-state index >= 15 is 0 Å². The van der Waals surface area contributed by atoms with Crippen molar-refractivity contribution in [1.82, 2.24) is 15.0 Å². The van der Waals surface area contributed by atoms with Crippen molar-refractivity contribution < 1.29 is 4.79 Å². The van der Waals surface area contributed by atoms with Gasteiger partial charge in [0.1, 0.15) is 0 Å². The maximum absolute atomic E-state index is 11.7. The van der Waals surface area contributed by atoms with E-state index in [4.69, 9.17) is 0 Å². The molecule has 2 heterocycles. The average Bonchev–Trinajstić information content (AvgIpc) is 2.43. The minimum absolute atomic E-state index is 0.173. The fourth-order valence-corrected chi connectivity index (χ4v) is 1.40. The molecule has 2 aromatic rings. The van der Waals surface area contributed by atoms with Gasteiger partial charge in [-0.15, -0.1) is 0 Å². The summed E-state index contributed by atoms with van der Waals surface area (Å²) in [5, 5.41) is 3.80. The topological polar surface area (TPSA) is 76.3 Å². The Kier molecular flexibility index (Phi) is 3.82. The number of hydrogen-bond donors (Lipinski definition) is 1. The molecule has 0 atom stereocenters. The van der Waals surface area contributed by atoms with Gasteiger partial charge in [0.05, 0.1) is 17.5 Å². The number of nitrogens with one attached hydrogen (secondary N) is 1. The summed E-state index contributed by atoms with van der Waals surface area (Å²) in [6, 6.07) is 8.16. The van der Waals surface area contributed by atoms with Crippen LogP contribution in [0.2, 0.25) is 0 Å². The third-order valence-electron chi connectivity index (χ3n) is 2.40. The van der Waals surface area contributed by atoms with E-state index < -0.39 is 0 Å². The molecule has 0 radical (unpaired) electrons. The maximum Gasteiger partial charge on any atom is 0.272 e. The number of nitrogens with zero attached hydrogens (tertiary/aromatic N) is 3. The Hall–Kier alpha value is -2.76. The Labute approximate surface area is 109 Å². The predicted molar refractivity (Wildman–Crippen MR) is 71.0 cm³/mol. The molecule has 0 unspecified atom stereocenters. The number of amides is 1. The van der Waals surface area contributed by atoms with Crippen LogP contribution in [0.25, 0.3) is 0 Å². The number of hydrazone groups is 1. The molecule has 0 aliphatic heterocycles. The van der Waals surface area contributed by atoms with Crippen molar-refractivity contribution in [2.75, 3.05) is 0 Å². The monoisotopic (exact) mass is 256 g/mol. The van der Waals surface area contributed by atoms with Gasteiger partial charge >= 0.3 is 0 Å². The number of carbonyl (C=O) groups is 1. The van der Waals surface area contributed by atoms with Crippen LogP contribution in [-0.4, -0.2) is 21.7 Å². The van der Waals surface area contributed by atoms with Gasteiger partial charge in [-0.1, -0.05) is 6.07 Å². The lowest BCUT2D eigenvalue weighted by molar-refractivity contribution is 0.0954. The predicted octanol–water partition coefficient (Wildman–Crippen LogP) is 0.544. The van der Waals surface area contributed by atoms with Crippen molar-refractivity contribution >= 4 is 12.1 Å². The van der Waals surface area contributed by atoms with E-state index in [-0.39, 0.29) is 11.5 Å². The van der Waals surface area contributed by atoms with Crippen LogP contribution in [0.3, 0.4) is 0 Å². The van der Waals surface area contributed by atoms with Crippen molar-refractivity contribution in [3.05, 3.63) is 64.3 Å². The molecule has 0 saturated heterocycles. The zero-order chi connectivity index (χ0) is 13.7. The van der Waals surface area contributed by atoms with Crippen LogP contribution in [0.4, 0.5) is 0 Å². The largest absolute Gasteiger partial charge is 0.318 e. The van der Waals surface area contributed by atoms with E-state index in [1.54, 1.807) is 25.4 Å². The molecule has 1 amide bonds. The second kappa shape index (κ2) is 5.72. The van der Waals surface area contributed by atoms with E-state index in [0.717, 1.165) is 0 Å². The lowest BCUT2D eigenvalue weighted by Crippen LogP contribution is -2.22. The van der Waals surface area contributed by atoms with Crippen LogP contribution in [0.5, 0.6) is 0 Å². The average molecular weight is 256 g/mol. The van der Waals surface area contributed by atoms with Gasteiger partial charge in [0.25, 0.3) is 5.91 Å². The summed E-state index contributed by atoms with van der Waals surface area (Å²) in [5.41, 5.74) is 3.20. The highest BCUT2D eigenvalue weighted by atomic mass is 16.2. The van der Waals surface area contributed by atoms with Crippen molar-refractivity contribution in [2.24, 2.45) is 12.1 Å². The van der Waals surface area contributed by atoms with Gasteiger partial charge in [0.2, 0.25) is 5.56 Å². The van der Waals surface area contributed by atoms with E-state index in [0.29, 0.717) is 11.3 Å². The highest BCUT2D eigenvalue weighted by Gasteiger charge is 2.04. The van der Waals surface area contributed by atoms with Crippen LogP contribution < -0.4 is 11.0 Å². The molecule has 0 aliphatic carbocycles. The summed E-state index contributed by atoms with van der Waals surface area (Å²) in [7, 11) is 1.58. The summed E-state index contributed by atoms with van der Waals surface area (Å²) in [6.07, 6.45) is 4.53. The number of aromatic nitrogens is 2. The van der Waals surface area contributed by atoms with Crippen LogP contribution in [0.1, 0.15) is 16.1 Å². The van der Waals surface area contributed by atoms with Gasteiger partial charge in [-0.25, -0.2) is 5.43 Å². The standard InChI is InChI=1S/C13H12N4O2/c1-17-9-10(5-6-12(17)18)13(19)16-15-8-11-4-2-3-7-14-11/h2-9H,1H3,(H,16,19)/b15-8-. The van der Waals surface area contributed by atoms with Crippen molar-refractivity contribution in [2.45, 2.75) is 0 Å². The summed E-state index contributed by atoms with van der Waals surface area (Å²) in [6.45, 7) is 0. The molecule has 0 aliphatic rings. The van der Waals surface area contributed by atoms with E-state index in [9.17, 15) is 9.59 Å². The van der Waals surface area contributed by atoms with E-state index in [2.05, 4.69) is 15.5 Å². The van der Waals surface area contributed by atoms with E-state index in [1.807, 2.05) is 6.07 Å². The zero-order valence-electron chi connectivity index (χ0n) is 10.3. The summed E-state index contributed by atoms with van der Waals surface area (Å²) in [4.78, 5) is 27.0. The molecule has 0 aromatic carbocycles. The fraction of sp³-hybridized carbons (Fsp3) is 0.0769. The van der Waals surface area contributed by atoms with Gasteiger partial charge in [0, 0.05) is 25.5 Å². The summed E-state index contributed by atoms with van der Waals surface area (Å²) < 4.78 is 1.33. The molecule has 0 spiro atoms. The quantitative estimate of drug-likeness (QED) is 0.643. The molecule has 6 heteroatoms. The molecule has 2 aromatic heterocycles. The first-order chi connectivity index (χ1) is 9.16. The first-order valence-electron chi connectivity index (χ1n) is 5.58. The number of pyridine rings is 2. The molecule has 6 nitrogen and oxygen atoms in total. The Bertz CT molecular complexity index is 662. The maximum atomic E-state index is 11.7. The molecular formula is C13H12N4O2. The smallest absolute Gasteiger partial charge is 0.272 e. The third-order valence-corrected chi connectivity index (χ3v) is 2.40. The van der Waals surface area contributed by atoms with Gasteiger partial charge < -0.3 is 4.57 Å². The number of aryl methyl sites for hydroxylation is 1. The van der Waals surface area contributed by atoms with Crippen molar-refractivity contribution in [3.8, 4) is 0 Å². The first-order valence-corrected chi connectivity index (χ1v) is 5.58. The van der Waals surface area contributed by atoms with Crippen LogP contribution in [0, 0.1) is 0 Å². The Balaban J connectivity index is 2.03. The highest BCUT2D eigenvalue weighted by molar-refractivity contribution is 5.94. The second-order valence-corrected chi connectivity index (χ2v) is 3.82. The highest BCUT2D eigenvalue weighted by Crippen LogP contribution is 1.94. The van der Waals surface area contributed by atoms with E-state index in [1.165, 1.54) is 29.1 Å². The Morgan fingerprint density at radius 2 is 2.21 bits per heavy atom. The van der Waals surface area contributed by atoms with Crippen LogP contribution in [0.15, 0.2) is 52.6 Å². The van der Waals surface area contributed by atoms with Crippen molar-refractivity contribution in [3.63, 3.8) is 0 Å². The SMILES string of the molecule is Cn1cc(C(=O)N/N=C\c2ccccn2)ccc1=O. The molecule has 2 rings (SSSR count). The lowest BCUT2D eigenvalue weighted by Gasteiger charge is -2.01. The number of carbonyl (C=O) groups excluding carboxylic acids is 1. The molecule has 0 fully saturated rings. The minimum Gasteiger partial charge on any atom is -0.318 e. The second-order valence-electron chi connectivity index (χ2n) is 3.82. The van der Waals surface area contributed by atoms with Crippen molar-refractivity contribution in [1.29, 1.82) is 0 Å². The molecule has 0 saturated carbocycles. The van der Waals surface area contributed by atoms with Gasteiger partial charge in [-0.3, -0.25) is 14.6 Å². The fourth-order valence-electron chi connectivity index (χ4n) is 1.40. The van der Waals surface area contributed by atoms with Gasteiger partial charge in [-0.05, 0) is 18.2 Å². The summed E-state index contributed by atoms with van der Waals surface area (Å²) in [5.74, 6) is -0.386. The summed E-state index contributed by atoms with van der Waals surface area (Å²) >= 11 is 0. The van der Waals surface area contributed by atoms with Gasteiger partial charge in [-0.2, -0.15) is 5.10 Å². The molecule has 0 bridgehead atoms. The molecular weight excluding hydrogens is 244 g/mol. The molecule has 19 heavy (non-hydrogen) atoms. The Morgan fingerprint density at radius 3 is 2.89 bits per heavy atom. The molecule has 1 N–H and O–H groups in total. The van der Waals surface area contributed by atoms with Crippen LogP contribution in [-0.2, 0) is 7.05 Å². The Morgan fingerprint density at radius 1 is 1.37 bits per heavy atom. The first kappa shape index (κ1) is 12.7. The molecule has 96 valence electrons. The van der Waals surface area contributed by atoms with Gasteiger partial charge in [0.15, 0.2) is 0 Å². The zero-order valence-corrected chi connectivity index (χ0v) is 10.3. The number of rotatable bonds is 3. The lowest BCUT2D eigenvalue weighted by atomic mass is 10.3. The van der Waals surface area contributed by atoms with Crippen LogP contribution >= 0.6 is 0 Å². The normalized spacial score (nSPS) is 10.6. The third kappa shape index (κ3) is 3.35. The number of hydrogen-bond acceptors (Lipinski definition) is 4. The minimum atomic E-state index is -0.386.